The minimum absolute atomic E-state index is 0.143. The fourth-order valence-corrected chi connectivity index (χ4v) is 5.63. The van der Waals surface area contributed by atoms with Gasteiger partial charge in [-0.2, -0.15) is 0 Å². The molecule has 1 unspecified atom stereocenters. The van der Waals surface area contributed by atoms with Crippen LogP contribution in [0.3, 0.4) is 0 Å². The van der Waals surface area contributed by atoms with Crippen molar-refractivity contribution in [2.75, 3.05) is 29.8 Å². The fraction of sp³-hybridized carbons (Fsp3) is 0.316. The van der Waals surface area contributed by atoms with E-state index in [1.807, 2.05) is 30.3 Å². The molecule has 1 aromatic carbocycles. The molecule has 2 N–H and O–H groups in total. The Labute approximate surface area is 183 Å². The lowest BCUT2D eigenvalue weighted by molar-refractivity contribution is 0.322. The Morgan fingerprint density at radius 2 is 2.30 bits per heavy atom. The molecule has 1 saturated heterocycles. The van der Waals surface area contributed by atoms with E-state index < -0.39 is 20.7 Å². The average Bonchev–Trinajstić information content (AvgIpc) is 3.46. The van der Waals surface area contributed by atoms with E-state index in [-0.39, 0.29) is 16.9 Å². The summed E-state index contributed by atoms with van der Waals surface area (Å²) in [6.45, 7) is 2.54. The predicted molar refractivity (Wildman–Crippen MR) is 117 cm³/mol. The lowest BCUT2D eigenvalue weighted by Gasteiger charge is -2.28. The summed E-state index contributed by atoms with van der Waals surface area (Å²) in [5, 5.41) is 1.71. The van der Waals surface area contributed by atoms with Gasteiger partial charge < -0.3 is 9.88 Å². The summed E-state index contributed by atoms with van der Waals surface area (Å²) in [6.07, 6.45) is 2.80. The van der Waals surface area contributed by atoms with E-state index in [0.717, 1.165) is 37.8 Å². The van der Waals surface area contributed by atoms with E-state index >= 15 is 0 Å². The van der Waals surface area contributed by atoms with Gasteiger partial charge in [0, 0.05) is 56.1 Å². The Balaban J connectivity index is 1.50. The van der Waals surface area contributed by atoms with Crippen LogP contribution in [0.2, 0.25) is 5.02 Å². The monoisotopic (exact) mass is 469 g/mol. The van der Waals surface area contributed by atoms with Crippen LogP contribution in [0.5, 0.6) is 0 Å². The lowest BCUT2D eigenvalue weighted by atomic mass is 10.2. The number of H-pyrrole nitrogens is 1. The summed E-state index contributed by atoms with van der Waals surface area (Å²) in [6, 6.07) is 6.50. The number of halogens is 2. The highest BCUT2D eigenvalue weighted by molar-refractivity contribution is 7.92. The first-order chi connectivity index (χ1) is 14.3. The van der Waals surface area contributed by atoms with Gasteiger partial charge >= 0.3 is 0 Å². The normalized spacial score (nSPS) is 17.4. The maximum absolute atomic E-state index is 14.8. The van der Waals surface area contributed by atoms with Gasteiger partial charge in [-0.15, -0.1) is 11.3 Å². The molecule has 1 atom stereocenters. The van der Waals surface area contributed by atoms with Gasteiger partial charge in [-0.25, -0.2) is 17.8 Å². The number of thiazole rings is 1. The molecule has 0 radical (unpaired) electrons. The first-order valence-electron chi connectivity index (χ1n) is 9.31. The van der Waals surface area contributed by atoms with Gasteiger partial charge in [-0.05, 0) is 24.6 Å². The van der Waals surface area contributed by atoms with Crippen LogP contribution in [0.1, 0.15) is 12.1 Å². The van der Waals surface area contributed by atoms with Crippen molar-refractivity contribution >= 4 is 44.5 Å². The Hall–Kier alpha value is -2.14. The van der Waals surface area contributed by atoms with Crippen LogP contribution >= 0.6 is 22.9 Å². The highest BCUT2D eigenvalue weighted by atomic mass is 35.5. The van der Waals surface area contributed by atoms with Crippen LogP contribution < -0.4 is 9.62 Å². The number of benzene rings is 1. The Morgan fingerprint density at radius 3 is 3.00 bits per heavy atom. The van der Waals surface area contributed by atoms with Crippen LogP contribution in [0, 0.1) is 5.82 Å². The molecule has 0 bridgehead atoms. The quantitative estimate of drug-likeness (QED) is 0.550. The summed E-state index contributed by atoms with van der Waals surface area (Å²) in [4.78, 5) is 10.8. The maximum Gasteiger partial charge on any atom is 0.266 e. The largest absolute Gasteiger partial charge is 0.369 e. The molecule has 2 aromatic heterocycles. The molecule has 160 valence electrons. The third-order valence-electron chi connectivity index (χ3n) is 5.19. The third kappa shape index (κ3) is 4.46. The second kappa shape index (κ2) is 8.54. The Kier molecular flexibility index (Phi) is 6.01. The number of anilines is 2. The van der Waals surface area contributed by atoms with Gasteiger partial charge in [-0.3, -0.25) is 9.62 Å². The Bertz CT molecular complexity index is 1110. The number of likely N-dealkylation sites (tertiary alicyclic amines) is 1. The highest BCUT2D eigenvalue weighted by Gasteiger charge is 2.29. The molecule has 1 aliphatic heterocycles. The second-order valence-corrected chi connectivity index (χ2v) is 9.97. The van der Waals surface area contributed by atoms with Gasteiger partial charge in [-0.1, -0.05) is 11.6 Å². The number of hydrogen-bond acceptors (Lipinski definition) is 6. The van der Waals surface area contributed by atoms with Gasteiger partial charge in [0.2, 0.25) is 0 Å². The minimum Gasteiger partial charge on any atom is -0.369 e. The van der Waals surface area contributed by atoms with Crippen molar-refractivity contribution in [3.05, 3.63) is 57.9 Å². The zero-order valence-electron chi connectivity index (χ0n) is 16.2. The average molecular weight is 470 g/mol. The van der Waals surface area contributed by atoms with Gasteiger partial charge in [0.05, 0.1) is 16.2 Å². The van der Waals surface area contributed by atoms with Crippen molar-refractivity contribution in [3.8, 4) is 0 Å². The van der Waals surface area contributed by atoms with E-state index in [2.05, 4.69) is 19.6 Å². The van der Waals surface area contributed by atoms with Crippen molar-refractivity contribution in [2.45, 2.75) is 23.9 Å². The molecule has 11 heteroatoms. The number of aromatic amines is 1. The molecule has 0 spiro atoms. The number of hydrogen-bond donors (Lipinski definition) is 2. The molecular formula is C19H21ClFN5O2S2. The van der Waals surface area contributed by atoms with Gasteiger partial charge in [0.1, 0.15) is 10.7 Å². The van der Waals surface area contributed by atoms with E-state index in [9.17, 15) is 12.8 Å². The summed E-state index contributed by atoms with van der Waals surface area (Å²) in [5.74, 6) is -0.713. The summed E-state index contributed by atoms with van der Waals surface area (Å²) in [5.41, 5.74) is 3.10. The molecule has 1 fully saturated rings. The van der Waals surface area contributed by atoms with Gasteiger partial charge in [0.25, 0.3) is 10.0 Å². The van der Waals surface area contributed by atoms with Crippen LogP contribution in [-0.4, -0.2) is 49.5 Å². The van der Waals surface area contributed by atoms with E-state index in [0.29, 0.717) is 5.69 Å². The lowest BCUT2D eigenvalue weighted by Crippen LogP contribution is -2.34. The highest BCUT2D eigenvalue weighted by Crippen LogP contribution is 2.33. The fourth-order valence-electron chi connectivity index (χ4n) is 3.63. The van der Waals surface area contributed by atoms with Gasteiger partial charge in [0.15, 0.2) is 5.82 Å². The molecular weight excluding hydrogens is 449 g/mol. The van der Waals surface area contributed by atoms with Crippen molar-refractivity contribution in [1.29, 1.82) is 0 Å². The molecule has 7 nitrogen and oxygen atoms in total. The Morgan fingerprint density at radius 1 is 1.47 bits per heavy atom. The number of nitrogens with one attached hydrogen (secondary N) is 2. The number of sulfonamides is 1. The molecule has 3 heterocycles. The maximum atomic E-state index is 14.8. The van der Waals surface area contributed by atoms with Crippen LogP contribution in [0.4, 0.5) is 15.9 Å². The molecule has 0 saturated carbocycles. The van der Waals surface area contributed by atoms with Crippen molar-refractivity contribution in [1.82, 2.24) is 14.9 Å². The molecule has 1 aliphatic rings. The summed E-state index contributed by atoms with van der Waals surface area (Å²) < 4.78 is 42.1. The van der Waals surface area contributed by atoms with Crippen molar-refractivity contribution in [2.24, 2.45) is 0 Å². The van der Waals surface area contributed by atoms with Crippen LogP contribution in [0.25, 0.3) is 0 Å². The number of rotatable bonds is 7. The van der Waals surface area contributed by atoms with E-state index in [1.165, 1.54) is 28.3 Å². The molecule has 30 heavy (non-hydrogen) atoms. The van der Waals surface area contributed by atoms with E-state index in [1.54, 1.807) is 0 Å². The summed E-state index contributed by atoms with van der Waals surface area (Å²) in [7, 11) is -2.28. The minimum atomic E-state index is -4.13. The SMILES string of the molecule is CN(c1cc(F)c(S(=O)(=O)Nc2cscn2)cc1Cl)C1CCN(Cc2ccc[nH]2)C1. The zero-order valence-corrected chi connectivity index (χ0v) is 18.6. The molecule has 4 rings (SSSR count). The molecule has 0 aliphatic carbocycles. The summed E-state index contributed by atoms with van der Waals surface area (Å²) >= 11 is 7.62. The molecule has 3 aromatic rings. The van der Waals surface area contributed by atoms with Crippen molar-refractivity contribution in [3.63, 3.8) is 0 Å². The number of likely N-dealkylation sites (N-methyl/N-ethyl adjacent to an activating group) is 1. The van der Waals surface area contributed by atoms with E-state index in [4.69, 9.17) is 11.6 Å². The number of aromatic nitrogens is 2. The van der Waals surface area contributed by atoms with Crippen LogP contribution in [0.15, 0.2) is 46.2 Å². The first-order valence-corrected chi connectivity index (χ1v) is 12.1. The second-order valence-electron chi connectivity index (χ2n) is 7.20. The third-order valence-corrected chi connectivity index (χ3v) is 7.45. The standard InChI is InChI=1S/C19H21ClFN5O2S2/c1-25(14-4-6-26(10-14)9-13-3-2-5-22-13)17-8-16(21)18(7-15(17)20)30(27,28)24-19-11-29-12-23-19/h2-3,5,7-8,11-12,14,22,24H,4,6,9-10H2,1H3. The topological polar surface area (TPSA) is 81.3 Å². The smallest absolute Gasteiger partial charge is 0.266 e. The van der Waals surface area contributed by atoms with Crippen molar-refractivity contribution < 1.29 is 12.8 Å². The first kappa shape index (κ1) is 21.1. The number of nitrogens with zero attached hydrogens (tertiary/aromatic N) is 3. The molecule has 0 amide bonds. The predicted octanol–water partition coefficient (Wildman–Crippen LogP) is 3.78. The zero-order chi connectivity index (χ0) is 21.3. The van der Waals surface area contributed by atoms with Crippen LogP contribution in [-0.2, 0) is 16.6 Å².